The summed E-state index contributed by atoms with van der Waals surface area (Å²) in [6, 6.07) is 11.2. The topological polar surface area (TPSA) is 52.2 Å². The molecule has 0 radical (unpaired) electrons. The lowest BCUT2D eigenvalue weighted by Gasteiger charge is -2.07. The van der Waals surface area contributed by atoms with Gasteiger partial charge in [-0.05, 0) is 35.4 Å². The number of imidazole rings is 2. The lowest BCUT2D eigenvalue weighted by Crippen LogP contribution is -2.12. The van der Waals surface area contributed by atoms with E-state index in [4.69, 9.17) is 0 Å². The van der Waals surface area contributed by atoms with Crippen LogP contribution in [0.2, 0.25) is 0 Å². The van der Waals surface area contributed by atoms with E-state index in [1.54, 1.807) is 30.9 Å². The largest absolute Gasteiger partial charge is 0.389 e. The molecule has 32 heavy (non-hydrogen) atoms. The fraction of sp³-hybridized carbons (Fsp3) is 0.208. The highest BCUT2D eigenvalue weighted by Crippen LogP contribution is 2.25. The van der Waals surface area contributed by atoms with Crippen LogP contribution in [0.5, 0.6) is 0 Å². The van der Waals surface area contributed by atoms with Crippen molar-refractivity contribution < 1.29 is 18.0 Å². The van der Waals surface area contributed by atoms with Crippen molar-refractivity contribution in [2.45, 2.75) is 25.4 Å². The second kappa shape index (κ2) is 8.82. The van der Waals surface area contributed by atoms with Crippen LogP contribution in [0.25, 0.3) is 29.1 Å². The van der Waals surface area contributed by atoms with Gasteiger partial charge in [-0.1, -0.05) is 24.3 Å². The predicted molar refractivity (Wildman–Crippen MR) is 117 cm³/mol. The highest BCUT2D eigenvalue weighted by molar-refractivity contribution is 5.81. The summed E-state index contributed by atoms with van der Waals surface area (Å²) >= 11 is 0. The van der Waals surface area contributed by atoms with Crippen LogP contribution in [0.3, 0.4) is 0 Å². The third-order valence-electron chi connectivity index (χ3n) is 5.15. The maximum Gasteiger partial charge on any atom is 0.389 e. The lowest BCUT2D eigenvalue weighted by atomic mass is 10.0. The van der Waals surface area contributed by atoms with Gasteiger partial charge in [-0.3, -0.25) is 9.20 Å². The molecule has 0 aliphatic carbocycles. The van der Waals surface area contributed by atoms with Crippen molar-refractivity contribution in [2.24, 2.45) is 7.05 Å². The molecule has 0 spiro atoms. The molecule has 0 saturated carbocycles. The Kier molecular flexibility index (Phi) is 5.94. The molecule has 5 nitrogen and oxygen atoms in total. The van der Waals surface area contributed by atoms with Crippen molar-refractivity contribution in [3.8, 4) is 11.3 Å². The van der Waals surface area contributed by atoms with E-state index in [-0.39, 0.29) is 6.42 Å². The van der Waals surface area contributed by atoms with Crippen molar-refractivity contribution in [3.05, 3.63) is 78.1 Å². The van der Waals surface area contributed by atoms with E-state index < -0.39 is 24.8 Å². The molecule has 1 aromatic carbocycles. The summed E-state index contributed by atoms with van der Waals surface area (Å²) in [6.07, 6.45) is 5.21. The number of benzene rings is 1. The minimum atomic E-state index is -4.32. The van der Waals surface area contributed by atoms with E-state index >= 15 is 0 Å². The molecule has 3 heterocycles. The summed E-state index contributed by atoms with van der Waals surface area (Å²) < 4.78 is 40.9. The number of fused-ring (bicyclic) bond motifs is 1. The number of aryl methyl sites for hydroxylation is 1. The molecule has 0 bridgehead atoms. The molecule has 164 valence electrons. The Labute approximate surface area is 182 Å². The molecule has 0 aliphatic heterocycles. The van der Waals surface area contributed by atoms with Crippen LogP contribution in [-0.2, 0) is 18.3 Å². The fourth-order valence-corrected chi connectivity index (χ4v) is 3.46. The van der Waals surface area contributed by atoms with Gasteiger partial charge in [0.1, 0.15) is 11.4 Å². The summed E-state index contributed by atoms with van der Waals surface area (Å²) in [5, 5.41) is 0. The number of pyridine rings is 1. The van der Waals surface area contributed by atoms with Crippen LogP contribution in [-0.4, -0.2) is 30.9 Å². The Morgan fingerprint density at radius 3 is 2.72 bits per heavy atom. The van der Waals surface area contributed by atoms with Crippen LogP contribution in [0.1, 0.15) is 29.7 Å². The van der Waals surface area contributed by atoms with E-state index in [9.17, 15) is 18.0 Å². The first-order valence-corrected chi connectivity index (χ1v) is 10.1. The number of nitrogens with zero attached hydrogens (tertiary/aromatic N) is 4. The predicted octanol–water partition coefficient (Wildman–Crippen LogP) is 5.36. The van der Waals surface area contributed by atoms with Crippen molar-refractivity contribution in [2.75, 3.05) is 0 Å². The van der Waals surface area contributed by atoms with Gasteiger partial charge in [0.15, 0.2) is 0 Å². The SMILES string of the molecule is Cn1cncc1/C=C/c1ccn2c(-c3cccc(CC(=O)CCC(F)(F)F)c3)cnc2c1. The van der Waals surface area contributed by atoms with Crippen LogP contribution < -0.4 is 0 Å². The first kappa shape index (κ1) is 21.5. The van der Waals surface area contributed by atoms with Gasteiger partial charge in [0.25, 0.3) is 0 Å². The normalized spacial score (nSPS) is 12.1. The Balaban J connectivity index is 1.52. The minimum Gasteiger partial charge on any atom is -0.334 e. The molecule has 0 saturated heterocycles. The molecular weight excluding hydrogens is 417 g/mol. The zero-order valence-corrected chi connectivity index (χ0v) is 17.4. The van der Waals surface area contributed by atoms with Gasteiger partial charge in [0.05, 0.1) is 36.5 Å². The van der Waals surface area contributed by atoms with E-state index in [2.05, 4.69) is 9.97 Å². The first-order valence-electron chi connectivity index (χ1n) is 10.1. The number of Topliss-reactive ketones (excluding diaryl/α,β-unsaturated/α-hetero) is 1. The maximum atomic E-state index is 12.3. The quantitative estimate of drug-likeness (QED) is 0.390. The Morgan fingerprint density at radius 1 is 1.12 bits per heavy atom. The summed E-state index contributed by atoms with van der Waals surface area (Å²) in [6.45, 7) is 0. The standard InChI is InChI=1S/C24H21F3N4O/c1-30-16-28-14-20(30)6-5-17-8-10-31-22(15-29-23(31)13-17)19-4-2-3-18(11-19)12-21(32)7-9-24(25,26)27/h2-6,8,10-11,13-16H,7,9,12H2,1H3/b6-5+. The number of aromatic nitrogens is 4. The molecule has 3 aromatic heterocycles. The smallest absolute Gasteiger partial charge is 0.334 e. The van der Waals surface area contributed by atoms with Gasteiger partial charge >= 0.3 is 6.18 Å². The molecule has 0 unspecified atom stereocenters. The van der Waals surface area contributed by atoms with Crippen molar-refractivity contribution in [1.29, 1.82) is 0 Å². The van der Waals surface area contributed by atoms with Gasteiger partial charge in [-0.15, -0.1) is 0 Å². The minimum absolute atomic E-state index is 0.0242. The summed E-state index contributed by atoms with van der Waals surface area (Å²) in [5.41, 5.74) is 5.10. The first-order chi connectivity index (χ1) is 15.3. The molecule has 4 aromatic rings. The van der Waals surface area contributed by atoms with Crippen LogP contribution in [0, 0.1) is 0 Å². The highest BCUT2D eigenvalue weighted by Gasteiger charge is 2.27. The van der Waals surface area contributed by atoms with E-state index in [1.165, 1.54) is 0 Å². The van der Waals surface area contributed by atoms with Crippen molar-refractivity contribution >= 4 is 23.6 Å². The summed E-state index contributed by atoms with van der Waals surface area (Å²) in [7, 11) is 1.93. The Hall–Kier alpha value is -3.68. The Morgan fingerprint density at radius 2 is 1.97 bits per heavy atom. The second-order valence-electron chi connectivity index (χ2n) is 7.63. The zero-order valence-electron chi connectivity index (χ0n) is 17.4. The highest BCUT2D eigenvalue weighted by atomic mass is 19.4. The van der Waals surface area contributed by atoms with E-state index in [1.807, 2.05) is 58.6 Å². The maximum absolute atomic E-state index is 12.3. The number of hydrogen-bond donors (Lipinski definition) is 0. The van der Waals surface area contributed by atoms with Gasteiger partial charge in [-0.25, -0.2) is 9.97 Å². The van der Waals surface area contributed by atoms with Crippen molar-refractivity contribution in [1.82, 2.24) is 18.9 Å². The molecule has 4 rings (SSSR count). The third kappa shape index (κ3) is 5.14. The van der Waals surface area contributed by atoms with Crippen LogP contribution in [0.15, 0.2) is 61.3 Å². The average Bonchev–Trinajstić information content (AvgIpc) is 3.36. The van der Waals surface area contributed by atoms with Gasteiger partial charge < -0.3 is 4.57 Å². The molecule has 0 atom stereocenters. The fourth-order valence-electron chi connectivity index (χ4n) is 3.46. The van der Waals surface area contributed by atoms with E-state index in [0.717, 1.165) is 28.2 Å². The second-order valence-corrected chi connectivity index (χ2v) is 7.63. The molecule has 0 fully saturated rings. The Bertz CT molecular complexity index is 1280. The molecule has 0 aliphatic rings. The summed E-state index contributed by atoms with van der Waals surface area (Å²) in [5.74, 6) is -0.428. The average molecular weight is 438 g/mol. The van der Waals surface area contributed by atoms with Crippen LogP contribution >= 0.6 is 0 Å². The molecular formula is C24H21F3N4O. The number of alkyl halides is 3. The lowest BCUT2D eigenvalue weighted by molar-refractivity contribution is -0.143. The van der Waals surface area contributed by atoms with E-state index in [0.29, 0.717) is 5.56 Å². The summed E-state index contributed by atoms with van der Waals surface area (Å²) in [4.78, 5) is 20.5. The van der Waals surface area contributed by atoms with Gasteiger partial charge in [0, 0.05) is 31.6 Å². The van der Waals surface area contributed by atoms with Gasteiger partial charge in [-0.2, -0.15) is 13.2 Å². The number of carbonyl (C=O) groups excluding carboxylic acids is 1. The zero-order chi connectivity index (χ0) is 22.7. The number of hydrogen-bond acceptors (Lipinski definition) is 3. The molecule has 0 amide bonds. The number of halogens is 3. The van der Waals surface area contributed by atoms with Gasteiger partial charge in [0.2, 0.25) is 0 Å². The number of carbonyl (C=O) groups is 1. The monoisotopic (exact) mass is 438 g/mol. The number of ketones is 1. The van der Waals surface area contributed by atoms with Crippen molar-refractivity contribution in [3.63, 3.8) is 0 Å². The molecule has 8 heteroatoms. The van der Waals surface area contributed by atoms with Crippen LogP contribution in [0.4, 0.5) is 13.2 Å². The third-order valence-corrected chi connectivity index (χ3v) is 5.15. The molecule has 0 N–H and O–H groups in total. The number of rotatable bonds is 7.